The molecule has 0 radical (unpaired) electrons. The Morgan fingerprint density at radius 1 is 0.697 bits per heavy atom. The van der Waals surface area contributed by atoms with Crippen molar-refractivity contribution >= 4 is 10.0 Å². The first-order valence-corrected chi connectivity index (χ1v) is 11.1. The maximum absolute atomic E-state index is 14.6. The molecule has 0 aliphatic rings. The van der Waals surface area contributed by atoms with Gasteiger partial charge in [-0.2, -0.15) is 4.31 Å². The topological polar surface area (TPSA) is 55.8 Å². The summed E-state index contributed by atoms with van der Waals surface area (Å²) in [4.78, 5) is -1.25. The van der Waals surface area contributed by atoms with E-state index in [4.69, 9.17) is 9.47 Å². The molecule has 10 heteroatoms. The van der Waals surface area contributed by atoms with Gasteiger partial charge in [-0.15, -0.1) is 0 Å². The van der Waals surface area contributed by atoms with Crippen molar-refractivity contribution in [2.75, 3.05) is 14.2 Å². The van der Waals surface area contributed by atoms with Crippen LogP contribution in [0.5, 0.6) is 11.5 Å². The summed E-state index contributed by atoms with van der Waals surface area (Å²) in [5.74, 6) is -6.92. The number of rotatable bonds is 8. The molecule has 33 heavy (non-hydrogen) atoms. The van der Waals surface area contributed by atoms with Gasteiger partial charge in [0.25, 0.3) is 0 Å². The zero-order valence-electron chi connectivity index (χ0n) is 18.0. The fourth-order valence-corrected chi connectivity index (χ4v) is 4.94. The highest BCUT2D eigenvalue weighted by Crippen LogP contribution is 2.31. The lowest BCUT2D eigenvalue weighted by atomic mass is 10.2. The SMILES string of the molecule is COc1ccc(CN(Cc2ccc(OC)cc2)S(=O)(=O)c2c(C)c(F)c(F)c(F)c2F)cc1. The van der Waals surface area contributed by atoms with Crippen LogP contribution in [0.25, 0.3) is 0 Å². The second-order valence-electron chi connectivity index (χ2n) is 7.18. The van der Waals surface area contributed by atoms with E-state index in [0.717, 1.165) is 11.2 Å². The summed E-state index contributed by atoms with van der Waals surface area (Å²) in [6, 6.07) is 12.8. The fourth-order valence-electron chi connectivity index (χ4n) is 3.25. The number of benzene rings is 3. The Morgan fingerprint density at radius 2 is 1.09 bits per heavy atom. The second-order valence-corrected chi connectivity index (χ2v) is 9.05. The van der Waals surface area contributed by atoms with E-state index in [0.29, 0.717) is 22.6 Å². The average Bonchev–Trinajstić information content (AvgIpc) is 2.82. The van der Waals surface area contributed by atoms with E-state index >= 15 is 0 Å². The van der Waals surface area contributed by atoms with Crippen LogP contribution in [0.1, 0.15) is 16.7 Å². The predicted molar refractivity (Wildman–Crippen MR) is 113 cm³/mol. The number of halogens is 4. The molecule has 0 saturated carbocycles. The van der Waals surface area contributed by atoms with Gasteiger partial charge in [0, 0.05) is 18.7 Å². The van der Waals surface area contributed by atoms with Gasteiger partial charge in [0.1, 0.15) is 16.4 Å². The van der Waals surface area contributed by atoms with Crippen molar-refractivity contribution in [3.05, 3.63) is 88.5 Å². The van der Waals surface area contributed by atoms with Crippen LogP contribution in [0, 0.1) is 30.2 Å². The van der Waals surface area contributed by atoms with E-state index in [-0.39, 0.29) is 13.1 Å². The molecule has 5 nitrogen and oxygen atoms in total. The first-order valence-electron chi connectivity index (χ1n) is 9.68. The average molecular weight is 483 g/mol. The Hall–Kier alpha value is -3.11. The third kappa shape index (κ3) is 4.96. The van der Waals surface area contributed by atoms with Gasteiger partial charge in [-0.25, -0.2) is 26.0 Å². The van der Waals surface area contributed by atoms with E-state index < -0.39 is 43.8 Å². The molecule has 0 spiro atoms. The lowest BCUT2D eigenvalue weighted by Crippen LogP contribution is -2.32. The van der Waals surface area contributed by atoms with Gasteiger partial charge in [-0.1, -0.05) is 24.3 Å². The highest BCUT2D eigenvalue weighted by atomic mass is 32.2. The molecule has 0 saturated heterocycles. The minimum absolute atomic E-state index is 0.252. The van der Waals surface area contributed by atoms with Crippen molar-refractivity contribution in [1.82, 2.24) is 4.31 Å². The van der Waals surface area contributed by atoms with E-state index in [1.807, 2.05) is 0 Å². The maximum atomic E-state index is 14.6. The number of sulfonamides is 1. The predicted octanol–water partition coefficient (Wildman–Crippen LogP) is 4.96. The molecule has 3 aromatic rings. The lowest BCUT2D eigenvalue weighted by molar-refractivity contribution is 0.374. The fraction of sp³-hybridized carbons (Fsp3) is 0.217. The Bertz CT molecular complexity index is 1170. The first-order chi connectivity index (χ1) is 15.6. The van der Waals surface area contributed by atoms with Crippen LogP contribution in [-0.2, 0) is 23.1 Å². The molecule has 0 unspecified atom stereocenters. The molecular weight excluding hydrogens is 462 g/mol. The molecule has 0 fully saturated rings. The van der Waals surface area contributed by atoms with Crippen LogP contribution < -0.4 is 9.47 Å². The zero-order valence-corrected chi connectivity index (χ0v) is 18.8. The molecule has 0 N–H and O–H groups in total. The third-order valence-electron chi connectivity index (χ3n) is 5.08. The minimum atomic E-state index is -4.80. The highest BCUT2D eigenvalue weighted by Gasteiger charge is 2.35. The van der Waals surface area contributed by atoms with Gasteiger partial charge in [-0.05, 0) is 42.3 Å². The summed E-state index contributed by atoms with van der Waals surface area (Å²) >= 11 is 0. The number of ether oxygens (including phenoxy) is 2. The molecule has 0 atom stereocenters. The van der Waals surface area contributed by atoms with Crippen LogP contribution in [0.15, 0.2) is 53.4 Å². The molecule has 0 aliphatic heterocycles. The molecule has 0 heterocycles. The van der Waals surface area contributed by atoms with Gasteiger partial charge in [0.15, 0.2) is 23.3 Å². The van der Waals surface area contributed by atoms with Gasteiger partial charge in [-0.3, -0.25) is 0 Å². The van der Waals surface area contributed by atoms with Gasteiger partial charge >= 0.3 is 0 Å². The largest absolute Gasteiger partial charge is 0.497 e. The zero-order chi connectivity index (χ0) is 24.3. The molecule has 176 valence electrons. The molecule has 3 aromatic carbocycles. The molecule has 0 aliphatic carbocycles. The van der Waals surface area contributed by atoms with E-state index in [2.05, 4.69) is 0 Å². The van der Waals surface area contributed by atoms with Crippen LogP contribution in [0.4, 0.5) is 17.6 Å². The standard InChI is InChI=1S/C23H21F4NO4S/c1-14-19(24)20(25)21(26)22(27)23(14)33(29,30)28(12-15-4-8-17(31-2)9-5-15)13-16-6-10-18(32-3)11-7-16/h4-11H,12-13H2,1-3H3. The molecule has 3 rings (SSSR count). The number of hydrogen-bond acceptors (Lipinski definition) is 4. The van der Waals surface area contributed by atoms with Crippen molar-refractivity contribution in [3.63, 3.8) is 0 Å². The molecule has 0 aromatic heterocycles. The van der Waals surface area contributed by atoms with Crippen molar-refractivity contribution in [1.29, 1.82) is 0 Å². The summed E-state index contributed by atoms with van der Waals surface area (Å²) in [5, 5.41) is 0. The van der Waals surface area contributed by atoms with Gasteiger partial charge < -0.3 is 9.47 Å². The Kier molecular flexibility index (Phi) is 7.28. The summed E-state index contributed by atoms with van der Waals surface area (Å²) in [6.45, 7) is 0.377. The highest BCUT2D eigenvalue weighted by molar-refractivity contribution is 7.89. The van der Waals surface area contributed by atoms with Crippen molar-refractivity contribution in [2.45, 2.75) is 24.9 Å². The van der Waals surface area contributed by atoms with Crippen molar-refractivity contribution in [2.24, 2.45) is 0 Å². The second kappa shape index (κ2) is 9.80. The number of hydrogen-bond donors (Lipinski definition) is 0. The quantitative estimate of drug-likeness (QED) is 0.258. The van der Waals surface area contributed by atoms with Crippen LogP contribution in [0.3, 0.4) is 0 Å². The van der Waals surface area contributed by atoms with Gasteiger partial charge in [0.05, 0.1) is 14.2 Å². The summed E-state index contributed by atoms with van der Waals surface area (Å²) in [6.07, 6.45) is 0. The Morgan fingerprint density at radius 3 is 1.48 bits per heavy atom. The van der Waals surface area contributed by atoms with Crippen molar-refractivity contribution in [3.8, 4) is 11.5 Å². The Balaban J connectivity index is 2.10. The normalized spacial score (nSPS) is 11.6. The minimum Gasteiger partial charge on any atom is -0.497 e. The van der Waals surface area contributed by atoms with Crippen LogP contribution in [0.2, 0.25) is 0 Å². The van der Waals surface area contributed by atoms with Crippen LogP contribution >= 0.6 is 0 Å². The lowest BCUT2D eigenvalue weighted by Gasteiger charge is -2.24. The summed E-state index contributed by atoms with van der Waals surface area (Å²) < 4.78 is 94.2. The first kappa shape index (κ1) is 24.5. The monoisotopic (exact) mass is 483 g/mol. The van der Waals surface area contributed by atoms with Crippen LogP contribution in [-0.4, -0.2) is 26.9 Å². The maximum Gasteiger partial charge on any atom is 0.247 e. The van der Waals surface area contributed by atoms with Gasteiger partial charge in [0.2, 0.25) is 10.0 Å². The Labute approximate surface area is 189 Å². The van der Waals surface area contributed by atoms with Crippen molar-refractivity contribution < 1.29 is 35.5 Å². The third-order valence-corrected chi connectivity index (χ3v) is 7.02. The van der Waals surface area contributed by atoms with E-state index in [1.54, 1.807) is 48.5 Å². The number of nitrogens with zero attached hydrogens (tertiary/aromatic N) is 1. The number of methoxy groups -OCH3 is 2. The van der Waals surface area contributed by atoms with E-state index in [9.17, 15) is 26.0 Å². The summed E-state index contributed by atoms with van der Waals surface area (Å²) in [7, 11) is -1.86. The molecule has 0 bridgehead atoms. The molecular formula is C23H21F4NO4S. The smallest absolute Gasteiger partial charge is 0.247 e. The van der Waals surface area contributed by atoms with E-state index in [1.165, 1.54) is 14.2 Å². The molecule has 0 amide bonds. The summed E-state index contributed by atoms with van der Waals surface area (Å²) in [5.41, 5.74) is 0.170.